The van der Waals surface area contributed by atoms with Crippen LogP contribution in [0.5, 0.6) is 5.75 Å². The molecular formula is C20H28N2O4S. The van der Waals surface area contributed by atoms with Crippen LogP contribution in [0.25, 0.3) is 0 Å². The molecule has 1 atom stereocenters. The third kappa shape index (κ3) is 3.47. The van der Waals surface area contributed by atoms with Crippen LogP contribution in [0.3, 0.4) is 0 Å². The number of amides is 1. The predicted octanol–water partition coefficient (Wildman–Crippen LogP) is 1.49. The second-order valence-corrected chi connectivity index (χ2v) is 10.7. The molecule has 0 aliphatic carbocycles. The standard InChI is InChI=1S/C20H28N2O4S/c1-16-5-4-6-18(11-16)26-13-19(23)22-14-20(15-22)17(7-10-27(20,24)25)12-21-8-2-3-9-21/h4-6,11,17H,2-3,7-10,12-15H2,1H3. The highest BCUT2D eigenvalue weighted by Crippen LogP contribution is 2.45. The first kappa shape index (κ1) is 18.7. The molecule has 1 unspecified atom stereocenters. The van der Waals surface area contributed by atoms with E-state index in [0.717, 1.165) is 31.6 Å². The SMILES string of the molecule is Cc1cccc(OCC(=O)N2CC3(C2)C(CN2CCCC2)CCS3(=O)=O)c1. The van der Waals surface area contributed by atoms with Gasteiger partial charge in [0.2, 0.25) is 0 Å². The molecule has 3 heterocycles. The molecular weight excluding hydrogens is 364 g/mol. The topological polar surface area (TPSA) is 66.9 Å². The van der Waals surface area contributed by atoms with Gasteiger partial charge in [0, 0.05) is 19.6 Å². The lowest BCUT2D eigenvalue weighted by Crippen LogP contribution is -2.69. The van der Waals surface area contributed by atoms with Crippen molar-refractivity contribution in [2.24, 2.45) is 5.92 Å². The Morgan fingerprint density at radius 3 is 2.70 bits per heavy atom. The third-order valence-corrected chi connectivity index (χ3v) is 9.00. The molecule has 1 spiro atoms. The van der Waals surface area contributed by atoms with Gasteiger partial charge in [-0.1, -0.05) is 12.1 Å². The monoisotopic (exact) mass is 392 g/mol. The van der Waals surface area contributed by atoms with Gasteiger partial charge in [0.05, 0.1) is 5.75 Å². The zero-order valence-corrected chi connectivity index (χ0v) is 16.7. The van der Waals surface area contributed by atoms with Crippen LogP contribution in [0.15, 0.2) is 24.3 Å². The molecule has 3 aliphatic rings. The molecule has 27 heavy (non-hydrogen) atoms. The number of nitrogens with zero attached hydrogens (tertiary/aromatic N) is 2. The second-order valence-electron chi connectivity index (χ2n) is 8.23. The van der Waals surface area contributed by atoms with Gasteiger partial charge in [-0.15, -0.1) is 0 Å². The summed E-state index contributed by atoms with van der Waals surface area (Å²) in [5.74, 6) is 0.929. The minimum Gasteiger partial charge on any atom is -0.484 e. The van der Waals surface area contributed by atoms with Gasteiger partial charge < -0.3 is 14.5 Å². The molecule has 4 rings (SSSR count). The van der Waals surface area contributed by atoms with Crippen molar-refractivity contribution in [2.45, 2.75) is 30.9 Å². The zero-order chi connectivity index (χ0) is 19.1. The number of hydrogen-bond donors (Lipinski definition) is 0. The van der Waals surface area contributed by atoms with Crippen LogP contribution in [0.1, 0.15) is 24.8 Å². The number of ether oxygens (including phenoxy) is 1. The average Bonchev–Trinajstić information content (AvgIpc) is 3.18. The van der Waals surface area contributed by atoms with Crippen molar-refractivity contribution in [1.82, 2.24) is 9.80 Å². The molecule has 1 aromatic rings. The summed E-state index contributed by atoms with van der Waals surface area (Å²) < 4.78 is 30.4. The van der Waals surface area contributed by atoms with E-state index >= 15 is 0 Å². The van der Waals surface area contributed by atoms with Crippen molar-refractivity contribution in [3.05, 3.63) is 29.8 Å². The van der Waals surface area contributed by atoms with Gasteiger partial charge in [0.15, 0.2) is 16.4 Å². The Kier molecular flexibility index (Phi) is 4.93. The van der Waals surface area contributed by atoms with E-state index in [1.165, 1.54) is 12.8 Å². The molecule has 0 radical (unpaired) electrons. The summed E-state index contributed by atoms with van der Waals surface area (Å²) in [5.41, 5.74) is 1.07. The molecule has 0 bridgehead atoms. The van der Waals surface area contributed by atoms with Crippen molar-refractivity contribution < 1.29 is 17.9 Å². The fraction of sp³-hybridized carbons (Fsp3) is 0.650. The van der Waals surface area contributed by atoms with E-state index < -0.39 is 14.6 Å². The highest BCUT2D eigenvalue weighted by atomic mass is 32.2. The molecule has 148 valence electrons. The van der Waals surface area contributed by atoms with E-state index in [1.807, 2.05) is 31.2 Å². The molecule has 1 amide bonds. The molecule has 0 aromatic heterocycles. The number of aryl methyl sites for hydroxylation is 1. The fourth-order valence-electron chi connectivity index (χ4n) is 4.72. The average molecular weight is 393 g/mol. The van der Waals surface area contributed by atoms with Crippen LogP contribution in [-0.4, -0.2) is 74.0 Å². The Morgan fingerprint density at radius 2 is 2.00 bits per heavy atom. The van der Waals surface area contributed by atoms with Crippen molar-refractivity contribution in [3.8, 4) is 5.75 Å². The number of sulfone groups is 1. The number of likely N-dealkylation sites (tertiary alicyclic amines) is 2. The zero-order valence-electron chi connectivity index (χ0n) is 15.9. The molecule has 1 aromatic carbocycles. The van der Waals surface area contributed by atoms with Gasteiger partial charge in [-0.2, -0.15) is 0 Å². The highest BCUT2D eigenvalue weighted by Gasteiger charge is 2.62. The number of rotatable bonds is 5. The van der Waals surface area contributed by atoms with Crippen LogP contribution < -0.4 is 4.74 Å². The van der Waals surface area contributed by atoms with E-state index in [-0.39, 0.29) is 24.2 Å². The van der Waals surface area contributed by atoms with E-state index in [9.17, 15) is 13.2 Å². The lowest BCUT2D eigenvalue weighted by atomic mass is 9.82. The number of benzene rings is 1. The Hall–Kier alpha value is -1.60. The molecule has 3 aliphatic heterocycles. The molecule has 3 saturated heterocycles. The van der Waals surface area contributed by atoms with Gasteiger partial charge >= 0.3 is 0 Å². The largest absolute Gasteiger partial charge is 0.484 e. The maximum absolute atomic E-state index is 12.7. The Labute approximate surface area is 161 Å². The molecule has 3 fully saturated rings. The van der Waals surface area contributed by atoms with Crippen LogP contribution in [0.4, 0.5) is 0 Å². The van der Waals surface area contributed by atoms with Crippen molar-refractivity contribution in [2.75, 3.05) is 45.1 Å². The van der Waals surface area contributed by atoms with Gasteiger partial charge in [-0.25, -0.2) is 8.42 Å². The lowest BCUT2D eigenvalue weighted by Gasteiger charge is -2.50. The van der Waals surface area contributed by atoms with Crippen LogP contribution in [0.2, 0.25) is 0 Å². The van der Waals surface area contributed by atoms with Crippen molar-refractivity contribution >= 4 is 15.7 Å². The Balaban J connectivity index is 1.37. The lowest BCUT2D eigenvalue weighted by molar-refractivity contribution is -0.139. The first-order valence-corrected chi connectivity index (χ1v) is 11.5. The van der Waals surface area contributed by atoms with E-state index in [0.29, 0.717) is 18.8 Å². The summed E-state index contributed by atoms with van der Waals surface area (Å²) in [5, 5.41) is 0. The third-order valence-electron chi connectivity index (χ3n) is 6.40. The van der Waals surface area contributed by atoms with Gasteiger partial charge in [0.25, 0.3) is 5.91 Å². The number of carbonyl (C=O) groups is 1. The first-order chi connectivity index (χ1) is 12.9. The van der Waals surface area contributed by atoms with Gasteiger partial charge in [0.1, 0.15) is 10.5 Å². The molecule has 6 nitrogen and oxygen atoms in total. The maximum atomic E-state index is 12.7. The summed E-state index contributed by atoms with van der Waals surface area (Å²) in [7, 11) is -3.14. The number of hydrogen-bond acceptors (Lipinski definition) is 5. The molecule has 0 N–H and O–H groups in total. The van der Waals surface area contributed by atoms with Crippen LogP contribution in [-0.2, 0) is 14.6 Å². The highest BCUT2D eigenvalue weighted by molar-refractivity contribution is 7.93. The first-order valence-electron chi connectivity index (χ1n) is 9.82. The maximum Gasteiger partial charge on any atom is 0.260 e. The summed E-state index contributed by atoms with van der Waals surface area (Å²) in [4.78, 5) is 16.5. The fourth-order valence-corrected chi connectivity index (χ4v) is 7.13. The van der Waals surface area contributed by atoms with Crippen molar-refractivity contribution in [1.29, 1.82) is 0 Å². The second kappa shape index (κ2) is 7.09. The van der Waals surface area contributed by atoms with Gasteiger partial charge in [-0.3, -0.25) is 4.79 Å². The Morgan fingerprint density at radius 1 is 1.26 bits per heavy atom. The summed E-state index contributed by atoms with van der Waals surface area (Å²) >= 11 is 0. The summed E-state index contributed by atoms with van der Waals surface area (Å²) in [6, 6.07) is 7.57. The minimum absolute atomic E-state index is 0.0453. The minimum atomic E-state index is -3.14. The normalized spacial score (nSPS) is 26.3. The molecule has 0 saturated carbocycles. The smallest absolute Gasteiger partial charge is 0.260 e. The summed E-state index contributed by atoms with van der Waals surface area (Å²) in [6.07, 6.45) is 3.13. The van der Waals surface area contributed by atoms with Crippen molar-refractivity contribution in [3.63, 3.8) is 0 Å². The summed E-state index contributed by atoms with van der Waals surface area (Å²) in [6.45, 7) is 5.56. The van der Waals surface area contributed by atoms with Gasteiger partial charge in [-0.05, 0) is 62.9 Å². The predicted molar refractivity (Wildman–Crippen MR) is 104 cm³/mol. The quantitative estimate of drug-likeness (QED) is 0.759. The molecule has 7 heteroatoms. The van der Waals surface area contributed by atoms with E-state index in [2.05, 4.69) is 4.90 Å². The van der Waals surface area contributed by atoms with Crippen LogP contribution in [0, 0.1) is 12.8 Å². The number of carbonyl (C=O) groups excluding carboxylic acids is 1. The van der Waals surface area contributed by atoms with E-state index in [4.69, 9.17) is 4.74 Å². The van der Waals surface area contributed by atoms with E-state index in [1.54, 1.807) is 4.90 Å². The van der Waals surface area contributed by atoms with Crippen LogP contribution >= 0.6 is 0 Å². The Bertz CT molecular complexity index is 811.